The molecule has 0 atom stereocenters. The zero-order chi connectivity index (χ0) is 10.1. The minimum absolute atomic E-state index is 0.187. The van der Waals surface area contributed by atoms with Crippen LogP contribution < -0.4 is 4.90 Å². The first-order chi connectivity index (χ1) is 5.93. The lowest BCUT2D eigenvalue weighted by atomic mass is 10.0. The van der Waals surface area contributed by atoms with Crippen molar-refractivity contribution in [3.63, 3.8) is 0 Å². The minimum atomic E-state index is 0.187. The van der Waals surface area contributed by atoms with Gasteiger partial charge in [-0.1, -0.05) is 18.2 Å². The van der Waals surface area contributed by atoms with Crippen LogP contribution in [-0.4, -0.2) is 12.6 Å². The fourth-order valence-corrected chi connectivity index (χ4v) is 1.30. The first-order valence-electron chi connectivity index (χ1n) is 4.72. The lowest BCUT2D eigenvalue weighted by Gasteiger charge is -2.35. The summed E-state index contributed by atoms with van der Waals surface area (Å²) in [6.07, 6.45) is 0. The Labute approximate surface area is 81.4 Å². The van der Waals surface area contributed by atoms with E-state index in [0.29, 0.717) is 0 Å². The molecule has 1 heteroatoms. The van der Waals surface area contributed by atoms with Crippen molar-refractivity contribution in [1.29, 1.82) is 0 Å². The molecule has 0 bridgehead atoms. The highest BCUT2D eigenvalue weighted by Gasteiger charge is 2.17. The zero-order valence-corrected chi connectivity index (χ0v) is 9.26. The van der Waals surface area contributed by atoms with Gasteiger partial charge in [0.15, 0.2) is 0 Å². The largest absolute Gasteiger partial charge is 0.370 e. The van der Waals surface area contributed by atoms with Crippen molar-refractivity contribution in [2.75, 3.05) is 11.9 Å². The van der Waals surface area contributed by atoms with Crippen molar-refractivity contribution in [2.24, 2.45) is 0 Å². The van der Waals surface area contributed by atoms with Crippen LogP contribution in [0.1, 0.15) is 26.3 Å². The normalized spacial score (nSPS) is 11.5. The van der Waals surface area contributed by atoms with E-state index < -0.39 is 0 Å². The maximum absolute atomic E-state index is 2.31. The first-order valence-corrected chi connectivity index (χ1v) is 4.72. The summed E-state index contributed by atoms with van der Waals surface area (Å²) in [7, 11) is 2.14. The Morgan fingerprint density at radius 3 is 2.08 bits per heavy atom. The Morgan fingerprint density at radius 2 is 1.62 bits per heavy atom. The molecule has 0 saturated carbocycles. The number of hydrogen-bond acceptors (Lipinski definition) is 1. The molecule has 0 spiro atoms. The van der Waals surface area contributed by atoms with E-state index >= 15 is 0 Å². The number of para-hydroxylation sites is 1. The van der Waals surface area contributed by atoms with Crippen molar-refractivity contribution in [3.05, 3.63) is 29.8 Å². The molecule has 1 nitrogen and oxygen atoms in total. The minimum Gasteiger partial charge on any atom is -0.370 e. The molecule has 72 valence electrons. The summed E-state index contributed by atoms with van der Waals surface area (Å²) in [5, 5.41) is 0. The Bertz CT molecular complexity index is 283. The van der Waals surface area contributed by atoms with Crippen molar-refractivity contribution >= 4 is 5.69 Å². The molecule has 0 aliphatic carbocycles. The highest BCUT2D eigenvalue weighted by atomic mass is 15.2. The third kappa shape index (κ3) is 2.24. The number of benzene rings is 1. The number of aryl methyl sites for hydroxylation is 1. The van der Waals surface area contributed by atoms with Crippen LogP contribution in [0.15, 0.2) is 24.3 Å². The summed E-state index contributed by atoms with van der Waals surface area (Å²) in [5.74, 6) is 0. The molecule has 0 fully saturated rings. The molecule has 0 amide bonds. The molecule has 0 aromatic heterocycles. The topological polar surface area (TPSA) is 3.24 Å². The third-order valence-electron chi connectivity index (χ3n) is 2.48. The first kappa shape index (κ1) is 10.1. The van der Waals surface area contributed by atoms with Gasteiger partial charge in [0.1, 0.15) is 0 Å². The monoisotopic (exact) mass is 177 g/mol. The van der Waals surface area contributed by atoms with E-state index in [0.717, 1.165) is 0 Å². The van der Waals surface area contributed by atoms with Crippen LogP contribution in [0.2, 0.25) is 0 Å². The summed E-state index contributed by atoms with van der Waals surface area (Å²) in [5.41, 5.74) is 2.83. The lowest BCUT2D eigenvalue weighted by Crippen LogP contribution is -2.38. The van der Waals surface area contributed by atoms with E-state index in [1.165, 1.54) is 11.3 Å². The zero-order valence-electron chi connectivity index (χ0n) is 9.26. The number of anilines is 1. The van der Waals surface area contributed by atoms with Gasteiger partial charge in [0.05, 0.1) is 0 Å². The molecule has 1 rings (SSSR count). The number of hydrogen-bond donors (Lipinski definition) is 0. The summed E-state index contributed by atoms with van der Waals surface area (Å²) in [6, 6.07) is 8.48. The van der Waals surface area contributed by atoms with Gasteiger partial charge in [-0.15, -0.1) is 0 Å². The Balaban J connectivity index is 3.02. The van der Waals surface area contributed by atoms with Crippen LogP contribution in [0.25, 0.3) is 0 Å². The molecule has 0 unspecified atom stereocenters. The van der Waals surface area contributed by atoms with Crippen molar-refractivity contribution < 1.29 is 0 Å². The van der Waals surface area contributed by atoms with Crippen molar-refractivity contribution in [2.45, 2.75) is 33.2 Å². The van der Waals surface area contributed by atoms with Crippen LogP contribution in [0.3, 0.4) is 0 Å². The predicted molar refractivity (Wildman–Crippen MR) is 59.3 cm³/mol. The third-order valence-corrected chi connectivity index (χ3v) is 2.48. The van der Waals surface area contributed by atoms with Gasteiger partial charge in [-0.05, 0) is 39.3 Å². The van der Waals surface area contributed by atoms with E-state index in [1.54, 1.807) is 0 Å². The molecule has 0 N–H and O–H groups in total. The van der Waals surface area contributed by atoms with Crippen molar-refractivity contribution in [3.8, 4) is 0 Å². The van der Waals surface area contributed by atoms with Crippen LogP contribution in [0.5, 0.6) is 0 Å². The van der Waals surface area contributed by atoms with Gasteiger partial charge < -0.3 is 4.90 Å². The van der Waals surface area contributed by atoms with Crippen LogP contribution in [0, 0.1) is 6.92 Å². The number of rotatable bonds is 1. The molecule has 0 aliphatic heterocycles. The molecule has 0 radical (unpaired) electrons. The fraction of sp³-hybridized carbons (Fsp3) is 0.500. The fourth-order valence-electron chi connectivity index (χ4n) is 1.30. The van der Waals surface area contributed by atoms with Crippen LogP contribution in [0.4, 0.5) is 5.69 Å². The van der Waals surface area contributed by atoms with E-state index in [4.69, 9.17) is 0 Å². The van der Waals surface area contributed by atoms with Gasteiger partial charge in [0.25, 0.3) is 0 Å². The van der Waals surface area contributed by atoms with Crippen LogP contribution >= 0.6 is 0 Å². The predicted octanol–water partition coefficient (Wildman–Crippen LogP) is 3.23. The highest BCUT2D eigenvalue weighted by Crippen LogP contribution is 2.24. The average molecular weight is 177 g/mol. The lowest BCUT2D eigenvalue weighted by molar-refractivity contribution is 0.538. The summed E-state index contributed by atoms with van der Waals surface area (Å²) in [6.45, 7) is 8.82. The molecular weight excluding hydrogens is 158 g/mol. The van der Waals surface area contributed by atoms with Gasteiger partial charge in [0, 0.05) is 18.3 Å². The van der Waals surface area contributed by atoms with Crippen LogP contribution in [-0.2, 0) is 0 Å². The molecule has 0 saturated heterocycles. The molecule has 1 aromatic rings. The SMILES string of the molecule is Cc1ccccc1N(C)C(C)(C)C. The molecule has 1 aromatic carbocycles. The molecule has 13 heavy (non-hydrogen) atoms. The number of nitrogens with zero attached hydrogens (tertiary/aromatic N) is 1. The maximum Gasteiger partial charge on any atom is 0.0397 e. The molecule has 0 aliphatic rings. The van der Waals surface area contributed by atoms with Gasteiger partial charge in [0.2, 0.25) is 0 Å². The smallest absolute Gasteiger partial charge is 0.0397 e. The average Bonchev–Trinajstić information content (AvgIpc) is 2.02. The van der Waals surface area contributed by atoms with E-state index in [2.05, 4.69) is 63.9 Å². The second-order valence-corrected chi connectivity index (χ2v) is 4.52. The van der Waals surface area contributed by atoms with Gasteiger partial charge in [-0.25, -0.2) is 0 Å². The molecule has 0 heterocycles. The van der Waals surface area contributed by atoms with E-state index in [1.807, 2.05) is 0 Å². The Hall–Kier alpha value is -0.980. The summed E-state index contributed by atoms with van der Waals surface area (Å²) < 4.78 is 0. The Kier molecular flexibility index (Phi) is 2.65. The molecular formula is C12H19N. The van der Waals surface area contributed by atoms with E-state index in [-0.39, 0.29) is 5.54 Å². The van der Waals surface area contributed by atoms with Gasteiger partial charge in [-0.2, -0.15) is 0 Å². The van der Waals surface area contributed by atoms with Gasteiger partial charge in [-0.3, -0.25) is 0 Å². The quantitative estimate of drug-likeness (QED) is 0.636. The van der Waals surface area contributed by atoms with E-state index in [9.17, 15) is 0 Å². The second-order valence-electron chi connectivity index (χ2n) is 4.52. The highest BCUT2D eigenvalue weighted by molar-refractivity contribution is 5.53. The van der Waals surface area contributed by atoms with Crippen molar-refractivity contribution in [1.82, 2.24) is 0 Å². The summed E-state index contributed by atoms with van der Waals surface area (Å²) in [4.78, 5) is 2.31. The second kappa shape index (κ2) is 3.41. The summed E-state index contributed by atoms with van der Waals surface area (Å²) >= 11 is 0. The van der Waals surface area contributed by atoms with Gasteiger partial charge >= 0.3 is 0 Å². The Morgan fingerprint density at radius 1 is 1.08 bits per heavy atom. The standard InChI is InChI=1S/C12H19N/c1-10-8-6-7-9-11(10)13(5)12(2,3)4/h6-9H,1-5H3. The maximum atomic E-state index is 2.31.